The number of amides is 1. The number of aromatic nitrogens is 3. The first-order valence-electron chi connectivity index (χ1n) is 8.24. The molecule has 0 bridgehead atoms. The Bertz CT molecular complexity index is 918. The molecule has 6 nitrogen and oxygen atoms in total. The Morgan fingerprint density at radius 3 is 2.84 bits per heavy atom. The zero-order valence-electron chi connectivity index (χ0n) is 13.9. The molecule has 1 fully saturated rings. The van der Waals surface area contributed by atoms with Gasteiger partial charge in [0.25, 0.3) is 0 Å². The lowest BCUT2D eigenvalue weighted by molar-refractivity contribution is -0.134. The number of thiazole rings is 1. The Morgan fingerprint density at radius 2 is 2.08 bits per heavy atom. The number of ether oxygens (including phenoxy) is 1. The van der Waals surface area contributed by atoms with Gasteiger partial charge in [-0.3, -0.25) is 4.79 Å². The minimum absolute atomic E-state index is 0.0752. The lowest BCUT2D eigenvalue weighted by Gasteiger charge is -2.26. The summed E-state index contributed by atoms with van der Waals surface area (Å²) in [6.07, 6.45) is 2.16. The second kappa shape index (κ2) is 6.85. The van der Waals surface area contributed by atoms with Gasteiger partial charge in [-0.1, -0.05) is 6.07 Å². The Labute approximate surface area is 149 Å². The molecule has 1 aromatic carbocycles. The Morgan fingerprint density at radius 1 is 1.24 bits per heavy atom. The zero-order chi connectivity index (χ0) is 17.2. The predicted molar refractivity (Wildman–Crippen MR) is 96.5 cm³/mol. The van der Waals surface area contributed by atoms with E-state index in [0.29, 0.717) is 32.0 Å². The van der Waals surface area contributed by atoms with Gasteiger partial charge in [0.05, 0.1) is 40.7 Å². The number of nitrogens with zero attached hydrogens (tertiary/aromatic N) is 4. The van der Waals surface area contributed by atoms with Gasteiger partial charge in [0.2, 0.25) is 5.91 Å². The average Bonchev–Trinajstić information content (AvgIpc) is 3.08. The molecule has 0 aliphatic carbocycles. The first-order valence-corrected chi connectivity index (χ1v) is 9.05. The number of hydrogen-bond donors (Lipinski definition) is 0. The molecule has 7 heteroatoms. The molecule has 4 rings (SSSR count). The Balaban J connectivity index is 1.59. The van der Waals surface area contributed by atoms with Crippen LogP contribution in [0.25, 0.3) is 21.3 Å². The highest BCUT2D eigenvalue weighted by molar-refractivity contribution is 7.15. The molecule has 0 N–H and O–H groups in total. The van der Waals surface area contributed by atoms with Crippen molar-refractivity contribution in [2.24, 2.45) is 0 Å². The van der Waals surface area contributed by atoms with E-state index in [-0.39, 0.29) is 12.3 Å². The van der Waals surface area contributed by atoms with Crippen LogP contribution in [-0.4, -0.2) is 52.3 Å². The fourth-order valence-corrected chi connectivity index (χ4v) is 3.68. The van der Waals surface area contributed by atoms with Gasteiger partial charge in [-0.2, -0.15) is 10.2 Å². The van der Waals surface area contributed by atoms with E-state index in [9.17, 15) is 4.79 Å². The summed E-state index contributed by atoms with van der Waals surface area (Å²) in [6, 6.07) is 8.03. The van der Waals surface area contributed by atoms with Crippen molar-refractivity contribution >= 4 is 28.1 Å². The van der Waals surface area contributed by atoms with Crippen molar-refractivity contribution in [3.05, 3.63) is 41.2 Å². The van der Waals surface area contributed by atoms with Gasteiger partial charge in [0, 0.05) is 24.7 Å². The number of hydrogen-bond acceptors (Lipinski definition) is 6. The van der Waals surface area contributed by atoms with Gasteiger partial charge in [0.15, 0.2) is 0 Å². The van der Waals surface area contributed by atoms with Crippen LogP contribution in [0.4, 0.5) is 0 Å². The van der Waals surface area contributed by atoms with Crippen molar-refractivity contribution in [3.8, 4) is 10.4 Å². The van der Waals surface area contributed by atoms with Crippen molar-refractivity contribution in [1.29, 1.82) is 0 Å². The summed E-state index contributed by atoms with van der Waals surface area (Å²) in [5.41, 5.74) is 2.63. The summed E-state index contributed by atoms with van der Waals surface area (Å²) >= 11 is 1.66. The Hall–Kier alpha value is -2.38. The van der Waals surface area contributed by atoms with Crippen LogP contribution < -0.4 is 0 Å². The summed E-state index contributed by atoms with van der Waals surface area (Å²) in [7, 11) is 0. The van der Waals surface area contributed by atoms with Crippen molar-refractivity contribution in [1.82, 2.24) is 20.1 Å². The zero-order valence-corrected chi connectivity index (χ0v) is 14.8. The molecule has 128 valence electrons. The van der Waals surface area contributed by atoms with E-state index in [4.69, 9.17) is 4.74 Å². The topological polar surface area (TPSA) is 68.2 Å². The van der Waals surface area contributed by atoms with Crippen LogP contribution in [0.2, 0.25) is 0 Å². The highest BCUT2D eigenvalue weighted by Gasteiger charge is 2.18. The lowest BCUT2D eigenvalue weighted by atomic mass is 10.1. The molecule has 3 heterocycles. The number of carbonyl (C=O) groups is 1. The standard InChI is InChI=1S/C18H18N4O2S/c1-12-19-11-17(25-12)13-2-3-16-14(8-13)9-15(20-21-16)10-18(23)22-4-6-24-7-5-22/h2-3,8-9,11H,4-7,10H2,1H3. The maximum atomic E-state index is 12.4. The van der Waals surface area contributed by atoms with E-state index < -0.39 is 0 Å². The highest BCUT2D eigenvalue weighted by Crippen LogP contribution is 2.28. The summed E-state index contributed by atoms with van der Waals surface area (Å²) < 4.78 is 5.29. The fourth-order valence-electron chi connectivity index (χ4n) is 2.90. The van der Waals surface area contributed by atoms with Gasteiger partial charge in [-0.05, 0) is 30.7 Å². The first kappa shape index (κ1) is 16.1. The Kier molecular flexibility index (Phi) is 4.42. The second-order valence-electron chi connectivity index (χ2n) is 6.02. The number of morpholine rings is 1. The lowest BCUT2D eigenvalue weighted by Crippen LogP contribution is -2.41. The molecule has 25 heavy (non-hydrogen) atoms. The minimum atomic E-state index is 0.0752. The van der Waals surface area contributed by atoms with Crippen molar-refractivity contribution in [2.45, 2.75) is 13.3 Å². The van der Waals surface area contributed by atoms with E-state index in [1.165, 1.54) is 0 Å². The molecule has 1 saturated heterocycles. The van der Waals surface area contributed by atoms with E-state index in [1.54, 1.807) is 11.3 Å². The second-order valence-corrected chi connectivity index (χ2v) is 7.26. The molecular weight excluding hydrogens is 336 g/mol. The van der Waals surface area contributed by atoms with Crippen LogP contribution in [-0.2, 0) is 16.0 Å². The first-order chi connectivity index (χ1) is 12.2. The maximum Gasteiger partial charge on any atom is 0.228 e. The third-order valence-corrected chi connectivity index (χ3v) is 5.20. The SMILES string of the molecule is Cc1ncc(-c2ccc3nnc(CC(=O)N4CCOCC4)cc3c2)s1. The molecule has 0 unspecified atom stereocenters. The van der Waals surface area contributed by atoms with Crippen LogP contribution in [0.1, 0.15) is 10.7 Å². The summed E-state index contributed by atoms with van der Waals surface area (Å²) in [5.74, 6) is 0.0752. The van der Waals surface area contributed by atoms with Gasteiger partial charge < -0.3 is 9.64 Å². The number of benzene rings is 1. The molecule has 0 radical (unpaired) electrons. The van der Waals surface area contributed by atoms with Crippen LogP contribution in [0.15, 0.2) is 30.5 Å². The normalized spacial score (nSPS) is 14.8. The summed E-state index contributed by atoms with van der Waals surface area (Å²) in [6.45, 7) is 4.50. The third kappa shape index (κ3) is 3.52. The van der Waals surface area contributed by atoms with Crippen LogP contribution in [0, 0.1) is 6.92 Å². The van der Waals surface area contributed by atoms with Crippen LogP contribution in [0.5, 0.6) is 0 Å². The van der Waals surface area contributed by atoms with E-state index in [1.807, 2.05) is 36.2 Å². The number of fused-ring (bicyclic) bond motifs is 1. The van der Waals surface area contributed by atoms with Gasteiger partial charge in [0.1, 0.15) is 0 Å². The number of aryl methyl sites for hydroxylation is 1. The molecule has 1 aliphatic rings. The smallest absolute Gasteiger partial charge is 0.228 e. The molecule has 3 aromatic rings. The predicted octanol–water partition coefficient (Wildman–Crippen LogP) is 2.46. The van der Waals surface area contributed by atoms with Gasteiger partial charge in [-0.15, -0.1) is 11.3 Å². The number of rotatable bonds is 3. The van der Waals surface area contributed by atoms with E-state index in [0.717, 1.165) is 26.4 Å². The largest absolute Gasteiger partial charge is 0.378 e. The van der Waals surface area contributed by atoms with Crippen LogP contribution >= 0.6 is 11.3 Å². The molecule has 0 spiro atoms. The van der Waals surface area contributed by atoms with Crippen molar-refractivity contribution in [2.75, 3.05) is 26.3 Å². The fraction of sp³-hybridized carbons (Fsp3) is 0.333. The highest BCUT2D eigenvalue weighted by atomic mass is 32.1. The molecular formula is C18H18N4O2S. The quantitative estimate of drug-likeness (QED) is 0.723. The third-order valence-electron chi connectivity index (χ3n) is 4.24. The molecule has 2 aromatic heterocycles. The molecule has 1 aliphatic heterocycles. The maximum absolute atomic E-state index is 12.4. The van der Waals surface area contributed by atoms with Gasteiger partial charge in [-0.25, -0.2) is 4.98 Å². The number of carbonyl (C=O) groups excluding carboxylic acids is 1. The van der Waals surface area contributed by atoms with Crippen LogP contribution in [0.3, 0.4) is 0 Å². The molecule has 1 amide bonds. The van der Waals surface area contributed by atoms with Crippen molar-refractivity contribution < 1.29 is 9.53 Å². The van der Waals surface area contributed by atoms with Crippen molar-refractivity contribution in [3.63, 3.8) is 0 Å². The van der Waals surface area contributed by atoms with E-state index >= 15 is 0 Å². The molecule has 0 atom stereocenters. The van der Waals surface area contributed by atoms with E-state index in [2.05, 4.69) is 21.2 Å². The summed E-state index contributed by atoms with van der Waals surface area (Å²) in [4.78, 5) is 19.7. The average molecular weight is 354 g/mol. The monoisotopic (exact) mass is 354 g/mol. The molecule has 0 saturated carbocycles. The minimum Gasteiger partial charge on any atom is -0.378 e. The van der Waals surface area contributed by atoms with Gasteiger partial charge >= 0.3 is 0 Å². The summed E-state index contributed by atoms with van der Waals surface area (Å²) in [5, 5.41) is 10.5.